The van der Waals surface area contributed by atoms with Gasteiger partial charge in [0.25, 0.3) is 11.8 Å². The summed E-state index contributed by atoms with van der Waals surface area (Å²) in [6.45, 7) is 5.66. The summed E-state index contributed by atoms with van der Waals surface area (Å²) in [7, 11) is 0. The van der Waals surface area contributed by atoms with E-state index in [1.54, 1.807) is 12.1 Å². The highest BCUT2D eigenvalue weighted by Crippen LogP contribution is 2.29. The molecule has 4 nitrogen and oxygen atoms in total. The monoisotopic (exact) mass is 412 g/mol. The third kappa shape index (κ3) is 4.69. The molecular formula is C27H28N2O2. The van der Waals surface area contributed by atoms with Gasteiger partial charge in [0.2, 0.25) is 0 Å². The summed E-state index contributed by atoms with van der Waals surface area (Å²) in [6, 6.07) is 25.2. The Morgan fingerprint density at radius 1 is 0.903 bits per heavy atom. The van der Waals surface area contributed by atoms with Crippen LogP contribution in [-0.2, 0) is 0 Å². The molecule has 1 aliphatic heterocycles. The first-order valence-corrected chi connectivity index (χ1v) is 10.9. The second kappa shape index (κ2) is 9.17. The number of nitrogens with zero attached hydrogens (tertiary/aromatic N) is 1. The Hall–Kier alpha value is -3.40. The molecule has 0 saturated carbocycles. The fourth-order valence-corrected chi connectivity index (χ4v) is 4.10. The van der Waals surface area contributed by atoms with Crippen molar-refractivity contribution in [3.8, 4) is 0 Å². The van der Waals surface area contributed by atoms with Gasteiger partial charge in [0.1, 0.15) is 0 Å². The molecule has 158 valence electrons. The molecule has 1 aliphatic rings. The standard InChI is InChI=1S/C27H28N2O2/c1-19(2)20-12-14-22(15-13-20)26(30)28-25-11-7-6-10-24(25)27(31)29-17-16-23(18-29)21-8-4-3-5-9-21/h3-15,19,23H,16-18H2,1-2H3,(H,28,30). The zero-order valence-electron chi connectivity index (χ0n) is 18.0. The van der Waals surface area contributed by atoms with Crippen LogP contribution in [0.5, 0.6) is 0 Å². The van der Waals surface area contributed by atoms with Crippen molar-refractivity contribution in [1.82, 2.24) is 4.90 Å². The number of amides is 2. The van der Waals surface area contributed by atoms with Crippen molar-refractivity contribution in [2.75, 3.05) is 18.4 Å². The zero-order chi connectivity index (χ0) is 21.8. The molecule has 0 radical (unpaired) electrons. The van der Waals surface area contributed by atoms with E-state index in [0.29, 0.717) is 35.2 Å². The molecule has 1 fully saturated rings. The lowest BCUT2D eigenvalue weighted by Crippen LogP contribution is -2.29. The van der Waals surface area contributed by atoms with Crippen molar-refractivity contribution in [1.29, 1.82) is 0 Å². The molecular weight excluding hydrogens is 384 g/mol. The summed E-state index contributed by atoms with van der Waals surface area (Å²) in [4.78, 5) is 27.9. The first-order valence-electron chi connectivity index (χ1n) is 10.9. The summed E-state index contributed by atoms with van der Waals surface area (Å²) in [5.74, 6) is 0.519. The summed E-state index contributed by atoms with van der Waals surface area (Å²) in [5, 5.41) is 2.94. The number of anilines is 1. The van der Waals surface area contributed by atoms with Crippen LogP contribution < -0.4 is 5.32 Å². The maximum Gasteiger partial charge on any atom is 0.255 e. The van der Waals surface area contributed by atoms with Crippen molar-refractivity contribution in [2.45, 2.75) is 32.1 Å². The lowest BCUT2D eigenvalue weighted by Gasteiger charge is -2.19. The minimum absolute atomic E-state index is 0.0375. The Bertz CT molecular complexity index is 1060. The summed E-state index contributed by atoms with van der Waals surface area (Å²) in [6.07, 6.45) is 0.951. The van der Waals surface area contributed by atoms with E-state index in [1.807, 2.05) is 59.5 Å². The minimum Gasteiger partial charge on any atom is -0.338 e. The van der Waals surface area contributed by atoms with Crippen LogP contribution in [-0.4, -0.2) is 29.8 Å². The van der Waals surface area contributed by atoms with E-state index < -0.39 is 0 Å². The van der Waals surface area contributed by atoms with Gasteiger partial charge in [-0.05, 0) is 47.7 Å². The van der Waals surface area contributed by atoms with E-state index in [9.17, 15) is 9.59 Å². The molecule has 1 N–H and O–H groups in total. The molecule has 31 heavy (non-hydrogen) atoms. The second-order valence-electron chi connectivity index (χ2n) is 8.42. The van der Waals surface area contributed by atoms with E-state index in [1.165, 1.54) is 11.1 Å². The van der Waals surface area contributed by atoms with Gasteiger partial charge in [-0.25, -0.2) is 0 Å². The Balaban J connectivity index is 1.48. The number of para-hydroxylation sites is 1. The fourth-order valence-electron chi connectivity index (χ4n) is 4.10. The van der Waals surface area contributed by atoms with E-state index in [0.717, 1.165) is 13.0 Å². The van der Waals surface area contributed by atoms with E-state index in [-0.39, 0.29) is 11.8 Å². The third-order valence-corrected chi connectivity index (χ3v) is 5.99. The summed E-state index contributed by atoms with van der Waals surface area (Å²) >= 11 is 0. The largest absolute Gasteiger partial charge is 0.338 e. The lowest BCUT2D eigenvalue weighted by molar-refractivity contribution is 0.0792. The molecule has 3 aromatic rings. The second-order valence-corrected chi connectivity index (χ2v) is 8.42. The van der Waals surface area contributed by atoms with E-state index in [4.69, 9.17) is 0 Å². The Labute approximate surface area is 183 Å². The summed E-state index contributed by atoms with van der Waals surface area (Å²) in [5.41, 5.74) is 4.12. The van der Waals surface area contributed by atoms with Crippen molar-refractivity contribution in [2.24, 2.45) is 0 Å². The predicted molar refractivity (Wildman–Crippen MR) is 125 cm³/mol. The molecule has 0 aliphatic carbocycles. The number of nitrogens with one attached hydrogen (secondary N) is 1. The molecule has 1 heterocycles. The van der Waals surface area contributed by atoms with Crippen LogP contribution >= 0.6 is 0 Å². The maximum absolute atomic E-state index is 13.3. The molecule has 3 aromatic carbocycles. The van der Waals surface area contributed by atoms with Gasteiger partial charge in [-0.2, -0.15) is 0 Å². The maximum atomic E-state index is 13.3. The average Bonchev–Trinajstić information content (AvgIpc) is 3.30. The Morgan fingerprint density at radius 3 is 2.29 bits per heavy atom. The van der Waals surface area contributed by atoms with Gasteiger partial charge < -0.3 is 10.2 Å². The molecule has 1 unspecified atom stereocenters. The third-order valence-electron chi connectivity index (χ3n) is 5.99. The molecule has 1 atom stereocenters. The van der Waals surface area contributed by atoms with Crippen LogP contribution in [0.25, 0.3) is 0 Å². The molecule has 4 rings (SSSR count). The highest BCUT2D eigenvalue weighted by atomic mass is 16.2. The highest BCUT2D eigenvalue weighted by molar-refractivity contribution is 6.09. The van der Waals surface area contributed by atoms with Gasteiger partial charge in [-0.15, -0.1) is 0 Å². The lowest BCUT2D eigenvalue weighted by atomic mass is 9.99. The zero-order valence-corrected chi connectivity index (χ0v) is 18.0. The highest BCUT2D eigenvalue weighted by Gasteiger charge is 2.29. The predicted octanol–water partition coefficient (Wildman–Crippen LogP) is 5.69. The van der Waals surface area contributed by atoms with Gasteiger partial charge in [0.05, 0.1) is 11.3 Å². The average molecular weight is 413 g/mol. The summed E-state index contributed by atoms with van der Waals surface area (Å²) < 4.78 is 0. The number of likely N-dealkylation sites (tertiary alicyclic amines) is 1. The number of hydrogen-bond donors (Lipinski definition) is 1. The number of benzene rings is 3. The number of rotatable bonds is 5. The van der Waals surface area contributed by atoms with Crippen LogP contribution in [0, 0.1) is 0 Å². The SMILES string of the molecule is CC(C)c1ccc(C(=O)Nc2ccccc2C(=O)N2CCC(c3ccccc3)C2)cc1. The van der Waals surface area contributed by atoms with Gasteiger partial charge in [0.15, 0.2) is 0 Å². The molecule has 0 bridgehead atoms. The van der Waals surface area contributed by atoms with Crippen LogP contribution in [0.15, 0.2) is 78.9 Å². The Morgan fingerprint density at radius 2 is 1.58 bits per heavy atom. The number of carbonyl (C=O) groups is 2. The van der Waals surface area contributed by atoms with Crippen LogP contribution in [0.4, 0.5) is 5.69 Å². The van der Waals surface area contributed by atoms with Crippen molar-refractivity contribution >= 4 is 17.5 Å². The van der Waals surface area contributed by atoms with Crippen molar-refractivity contribution in [3.63, 3.8) is 0 Å². The first-order chi connectivity index (χ1) is 15.0. The van der Waals surface area contributed by atoms with Crippen molar-refractivity contribution in [3.05, 3.63) is 101 Å². The normalized spacial score (nSPS) is 15.8. The topological polar surface area (TPSA) is 49.4 Å². The molecule has 1 saturated heterocycles. The van der Waals surface area contributed by atoms with Crippen LogP contribution in [0.3, 0.4) is 0 Å². The van der Waals surface area contributed by atoms with Gasteiger partial charge in [-0.3, -0.25) is 9.59 Å². The molecule has 0 aromatic heterocycles. The van der Waals surface area contributed by atoms with Crippen LogP contribution in [0.2, 0.25) is 0 Å². The van der Waals surface area contributed by atoms with E-state index in [2.05, 4.69) is 31.3 Å². The van der Waals surface area contributed by atoms with E-state index >= 15 is 0 Å². The van der Waals surface area contributed by atoms with Crippen molar-refractivity contribution < 1.29 is 9.59 Å². The first kappa shape index (κ1) is 20.9. The smallest absolute Gasteiger partial charge is 0.255 e. The molecule has 0 spiro atoms. The Kier molecular flexibility index (Phi) is 6.17. The number of carbonyl (C=O) groups excluding carboxylic acids is 2. The van der Waals surface area contributed by atoms with Gasteiger partial charge in [0, 0.05) is 24.6 Å². The van der Waals surface area contributed by atoms with Gasteiger partial charge >= 0.3 is 0 Å². The van der Waals surface area contributed by atoms with Gasteiger partial charge in [-0.1, -0.05) is 68.4 Å². The minimum atomic E-state index is -0.209. The number of hydrogen-bond acceptors (Lipinski definition) is 2. The molecule has 4 heteroatoms. The quantitative estimate of drug-likeness (QED) is 0.585. The van der Waals surface area contributed by atoms with Crippen LogP contribution in [0.1, 0.15) is 63.9 Å². The fraction of sp³-hybridized carbons (Fsp3) is 0.259. The molecule has 2 amide bonds.